The normalized spacial score (nSPS) is 11.4. The minimum Gasteiger partial charge on any atom is -0.481 e. The van der Waals surface area contributed by atoms with Gasteiger partial charge in [0.05, 0.1) is 31.5 Å². The number of carbonyl (C=O) groups excluding carboxylic acids is 1. The molecule has 0 saturated heterocycles. The quantitative estimate of drug-likeness (QED) is 0.674. The molecule has 0 radical (unpaired) electrons. The van der Waals surface area contributed by atoms with Crippen LogP contribution >= 0.6 is 0 Å². The Kier molecular flexibility index (Phi) is 7.11. The first kappa shape index (κ1) is 16.0. The van der Waals surface area contributed by atoms with Gasteiger partial charge in [-0.1, -0.05) is 0 Å². The highest BCUT2D eigenvalue weighted by Gasteiger charge is 2.13. The molecule has 0 heterocycles. The maximum absolute atomic E-state index is 11.7. The lowest BCUT2D eigenvalue weighted by atomic mass is 10.2. The van der Waals surface area contributed by atoms with Gasteiger partial charge in [0.2, 0.25) is 0 Å². The first-order chi connectivity index (χ1) is 9.67. The van der Waals surface area contributed by atoms with E-state index in [1.54, 1.807) is 31.2 Å². The van der Waals surface area contributed by atoms with Crippen molar-refractivity contribution in [3.8, 4) is 11.8 Å². The molecular weight excluding hydrogens is 260 g/mol. The minimum atomic E-state index is -0.638. The van der Waals surface area contributed by atoms with E-state index < -0.39 is 6.10 Å². The van der Waals surface area contributed by atoms with E-state index in [1.165, 1.54) is 0 Å². The number of rotatable bonds is 8. The highest BCUT2D eigenvalue weighted by Crippen LogP contribution is 2.13. The van der Waals surface area contributed by atoms with Crippen molar-refractivity contribution in [2.24, 2.45) is 0 Å². The van der Waals surface area contributed by atoms with Gasteiger partial charge in [-0.15, -0.1) is 0 Å². The van der Waals surface area contributed by atoms with Crippen LogP contribution in [-0.4, -0.2) is 43.5 Å². The van der Waals surface area contributed by atoms with Gasteiger partial charge in [0.15, 0.2) is 6.10 Å². The Bertz CT molecular complexity index is 453. The molecule has 6 heteroatoms. The smallest absolute Gasteiger partial charge is 0.260 e. The molecule has 1 atom stereocenters. The van der Waals surface area contributed by atoms with Crippen molar-refractivity contribution in [1.29, 1.82) is 5.26 Å². The van der Waals surface area contributed by atoms with Crippen LogP contribution in [0.25, 0.3) is 0 Å². The molecule has 1 unspecified atom stereocenters. The molecule has 1 aromatic rings. The third-order valence-corrected chi connectivity index (χ3v) is 2.45. The van der Waals surface area contributed by atoms with Gasteiger partial charge in [-0.05, 0) is 31.2 Å². The predicted molar refractivity (Wildman–Crippen MR) is 72.2 cm³/mol. The van der Waals surface area contributed by atoms with Crippen LogP contribution < -0.4 is 10.1 Å². The molecule has 6 nitrogen and oxygen atoms in total. The van der Waals surface area contributed by atoms with Crippen molar-refractivity contribution < 1.29 is 19.4 Å². The number of carbonyl (C=O) groups is 1. The topological polar surface area (TPSA) is 91.6 Å². The summed E-state index contributed by atoms with van der Waals surface area (Å²) in [5, 5.41) is 19.8. The lowest BCUT2D eigenvalue weighted by Gasteiger charge is -2.14. The number of aliphatic hydroxyl groups excluding tert-OH is 1. The number of hydrogen-bond donors (Lipinski definition) is 2. The van der Waals surface area contributed by atoms with E-state index in [-0.39, 0.29) is 19.1 Å². The largest absolute Gasteiger partial charge is 0.481 e. The number of nitrogens with zero attached hydrogens (tertiary/aromatic N) is 1. The van der Waals surface area contributed by atoms with E-state index in [0.29, 0.717) is 24.5 Å². The molecule has 20 heavy (non-hydrogen) atoms. The Labute approximate surface area is 117 Å². The summed E-state index contributed by atoms with van der Waals surface area (Å²) in [5.74, 6) is 0.283. The maximum Gasteiger partial charge on any atom is 0.260 e. The molecule has 0 saturated carbocycles. The number of benzene rings is 1. The average molecular weight is 278 g/mol. The molecule has 0 spiro atoms. The molecule has 0 aromatic heterocycles. The molecule has 0 aliphatic heterocycles. The summed E-state index contributed by atoms with van der Waals surface area (Å²) in [5.41, 5.74) is 0.537. The van der Waals surface area contributed by atoms with E-state index in [0.717, 1.165) is 0 Å². The number of ether oxygens (including phenoxy) is 2. The second-order valence-corrected chi connectivity index (χ2v) is 4.02. The Hall–Kier alpha value is -2.10. The van der Waals surface area contributed by atoms with Crippen LogP contribution in [0.15, 0.2) is 24.3 Å². The van der Waals surface area contributed by atoms with Crippen LogP contribution in [0.1, 0.15) is 12.5 Å². The van der Waals surface area contributed by atoms with Gasteiger partial charge >= 0.3 is 0 Å². The average Bonchev–Trinajstić information content (AvgIpc) is 2.47. The summed E-state index contributed by atoms with van der Waals surface area (Å²) in [7, 11) is 0. The number of nitrogens with one attached hydrogen (secondary N) is 1. The van der Waals surface area contributed by atoms with Crippen LogP contribution in [0.3, 0.4) is 0 Å². The van der Waals surface area contributed by atoms with Crippen molar-refractivity contribution in [1.82, 2.24) is 5.32 Å². The standard InChI is InChI=1S/C14H18N2O4/c1-11(14(18)16-6-8-19-9-7-17)20-13-4-2-12(10-15)3-5-13/h2-5,11,17H,6-9H2,1H3,(H,16,18). The molecule has 0 fully saturated rings. The fourth-order valence-electron chi connectivity index (χ4n) is 1.42. The monoisotopic (exact) mass is 278 g/mol. The highest BCUT2D eigenvalue weighted by atomic mass is 16.5. The zero-order chi connectivity index (χ0) is 14.8. The molecule has 0 bridgehead atoms. The van der Waals surface area contributed by atoms with Crippen molar-refractivity contribution in [2.45, 2.75) is 13.0 Å². The van der Waals surface area contributed by atoms with Crippen LogP contribution in [0.5, 0.6) is 5.75 Å². The van der Waals surface area contributed by atoms with Gasteiger partial charge < -0.3 is 19.9 Å². The fourth-order valence-corrected chi connectivity index (χ4v) is 1.42. The zero-order valence-electron chi connectivity index (χ0n) is 11.3. The fraction of sp³-hybridized carbons (Fsp3) is 0.429. The molecule has 2 N–H and O–H groups in total. The van der Waals surface area contributed by atoms with Crippen LogP contribution in [0.2, 0.25) is 0 Å². The SMILES string of the molecule is CC(Oc1ccc(C#N)cc1)C(=O)NCCOCCO. The van der Waals surface area contributed by atoms with E-state index in [1.807, 2.05) is 6.07 Å². The van der Waals surface area contributed by atoms with Gasteiger partial charge in [0, 0.05) is 6.54 Å². The highest BCUT2D eigenvalue weighted by molar-refractivity contribution is 5.80. The van der Waals surface area contributed by atoms with E-state index in [9.17, 15) is 4.79 Å². The summed E-state index contributed by atoms with van der Waals surface area (Å²) in [6.07, 6.45) is -0.638. The van der Waals surface area contributed by atoms with E-state index in [4.69, 9.17) is 19.8 Å². The Morgan fingerprint density at radius 3 is 2.70 bits per heavy atom. The summed E-state index contributed by atoms with van der Waals surface area (Å²) >= 11 is 0. The predicted octanol–water partition coefficient (Wildman–Crippen LogP) is 0.451. The molecule has 0 aliphatic carbocycles. The summed E-state index contributed by atoms with van der Waals surface area (Å²) < 4.78 is 10.5. The third-order valence-electron chi connectivity index (χ3n) is 2.45. The van der Waals surface area contributed by atoms with Gasteiger partial charge in [0.1, 0.15) is 5.75 Å². The van der Waals surface area contributed by atoms with Gasteiger partial charge in [-0.25, -0.2) is 0 Å². The van der Waals surface area contributed by atoms with Crippen molar-refractivity contribution in [3.05, 3.63) is 29.8 Å². The Morgan fingerprint density at radius 1 is 1.40 bits per heavy atom. The number of nitriles is 1. The van der Waals surface area contributed by atoms with Gasteiger partial charge in [-0.3, -0.25) is 4.79 Å². The van der Waals surface area contributed by atoms with Crippen molar-refractivity contribution >= 4 is 5.91 Å². The third kappa shape index (κ3) is 5.69. The van der Waals surface area contributed by atoms with E-state index >= 15 is 0 Å². The summed E-state index contributed by atoms with van der Waals surface area (Å²) in [4.78, 5) is 11.7. The number of hydrogen-bond acceptors (Lipinski definition) is 5. The lowest BCUT2D eigenvalue weighted by Crippen LogP contribution is -2.38. The first-order valence-electron chi connectivity index (χ1n) is 6.30. The summed E-state index contributed by atoms with van der Waals surface area (Å²) in [6, 6.07) is 8.55. The Morgan fingerprint density at radius 2 is 2.10 bits per heavy atom. The van der Waals surface area contributed by atoms with Crippen molar-refractivity contribution in [2.75, 3.05) is 26.4 Å². The molecule has 1 rings (SSSR count). The molecule has 0 aliphatic rings. The second-order valence-electron chi connectivity index (χ2n) is 4.02. The van der Waals surface area contributed by atoms with E-state index in [2.05, 4.69) is 5.32 Å². The van der Waals surface area contributed by atoms with Gasteiger partial charge in [-0.2, -0.15) is 5.26 Å². The molecular formula is C14H18N2O4. The zero-order valence-corrected chi connectivity index (χ0v) is 11.3. The maximum atomic E-state index is 11.7. The van der Waals surface area contributed by atoms with Crippen LogP contribution in [-0.2, 0) is 9.53 Å². The second kappa shape index (κ2) is 8.91. The van der Waals surface area contributed by atoms with Crippen LogP contribution in [0, 0.1) is 11.3 Å². The molecule has 1 aromatic carbocycles. The minimum absolute atomic E-state index is 0.0356. The van der Waals surface area contributed by atoms with Gasteiger partial charge in [0.25, 0.3) is 5.91 Å². The Balaban J connectivity index is 2.31. The first-order valence-corrected chi connectivity index (χ1v) is 6.30. The van der Waals surface area contributed by atoms with Crippen molar-refractivity contribution in [3.63, 3.8) is 0 Å². The van der Waals surface area contributed by atoms with Crippen LogP contribution in [0.4, 0.5) is 0 Å². The molecule has 1 amide bonds. The number of amides is 1. The summed E-state index contributed by atoms with van der Waals surface area (Å²) in [6.45, 7) is 2.57. The number of aliphatic hydroxyl groups is 1. The lowest BCUT2D eigenvalue weighted by molar-refractivity contribution is -0.127. The molecule has 108 valence electrons.